The zero-order valence-corrected chi connectivity index (χ0v) is 12.1. The maximum absolute atomic E-state index is 12.6. The van der Waals surface area contributed by atoms with Crippen molar-refractivity contribution in [3.8, 4) is 5.75 Å². The fraction of sp³-hybridized carbons (Fsp3) is 0.500. The van der Waals surface area contributed by atoms with Crippen LogP contribution in [0.15, 0.2) is 24.3 Å². The van der Waals surface area contributed by atoms with Crippen LogP contribution in [0.25, 0.3) is 0 Å². The number of hydrogen-bond donors (Lipinski definition) is 0. The fourth-order valence-electron chi connectivity index (χ4n) is 2.54. The molecule has 0 aliphatic carbocycles. The van der Waals surface area contributed by atoms with Crippen molar-refractivity contribution in [3.05, 3.63) is 29.8 Å². The summed E-state index contributed by atoms with van der Waals surface area (Å²) in [4.78, 5) is 26.1. The van der Waals surface area contributed by atoms with Crippen molar-refractivity contribution in [3.63, 3.8) is 0 Å². The van der Waals surface area contributed by atoms with Crippen molar-refractivity contribution in [1.82, 2.24) is 4.90 Å². The summed E-state index contributed by atoms with van der Waals surface area (Å²) in [5.41, 5.74) is 0.582. The SMILES string of the molecule is CCOc1ccccc1C(=O)N1CCC(=O)C(CC)C1. The Labute approximate surface area is 119 Å². The lowest BCUT2D eigenvalue weighted by atomic mass is 9.93. The van der Waals surface area contributed by atoms with Gasteiger partial charge in [-0.15, -0.1) is 0 Å². The predicted octanol–water partition coefficient (Wildman–Crippen LogP) is 2.53. The number of piperidine rings is 1. The molecule has 108 valence electrons. The summed E-state index contributed by atoms with van der Waals surface area (Å²) in [5, 5.41) is 0. The number of likely N-dealkylation sites (tertiary alicyclic amines) is 1. The molecule has 1 atom stereocenters. The molecule has 1 aromatic rings. The van der Waals surface area contributed by atoms with Gasteiger partial charge in [0.25, 0.3) is 5.91 Å². The zero-order chi connectivity index (χ0) is 14.5. The molecule has 1 fully saturated rings. The van der Waals surface area contributed by atoms with Crippen LogP contribution >= 0.6 is 0 Å². The van der Waals surface area contributed by atoms with E-state index in [1.165, 1.54) is 0 Å². The molecule has 0 bridgehead atoms. The number of para-hydroxylation sites is 1. The number of hydrogen-bond acceptors (Lipinski definition) is 3. The van der Waals surface area contributed by atoms with Crippen molar-refractivity contribution >= 4 is 11.7 Å². The normalized spacial score (nSPS) is 19.0. The lowest BCUT2D eigenvalue weighted by Gasteiger charge is -2.31. The third-order valence-corrected chi connectivity index (χ3v) is 3.72. The lowest BCUT2D eigenvalue weighted by molar-refractivity contribution is -0.125. The van der Waals surface area contributed by atoms with E-state index >= 15 is 0 Å². The third-order valence-electron chi connectivity index (χ3n) is 3.72. The van der Waals surface area contributed by atoms with Gasteiger partial charge < -0.3 is 9.64 Å². The molecular formula is C16H21NO3. The lowest BCUT2D eigenvalue weighted by Crippen LogP contribution is -2.44. The molecule has 1 aromatic carbocycles. The van der Waals surface area contributed by atoms with Crippen molar-refractivity contribution in [2.24, 2.45) is 5.92 Å². The van der Waals surface area contributed by atoms with Crippen LogP contribution in [0.1, 0.15) is 37.0 Å². The number of nitrogens with zero attached hydrogens (tertiary/aromatic N) is 1. The molecule has 1 saturated heterocycles. The van der Waals surface area contributed by atoms with Gasteiger partial charge in [0.1, 0.15) is 11.5 Å². The second-order valence-electron chi connectivity index (χ2n) is 5.00. The first-order valence-electron chi connectivity index (χ1n) is 7.21. The molecule has 2 rings (SSSR count). The smallest absolute Gasteiger partial charge is 0.257 e. The first-order valence-corrected chi connectivity index (χ1v) is 7.21. The maximum Gasteiger partial charge on any atom is 0.257 e. The van der Waals surface area contributed by atoms with Gasteiger partial charge in [0, 0.05) is 25.4 Å². The summed E-state index contributed by atoms with van der Waals surface area (Å²) in [5.74, 6) is 0.826. The number of carbonyl (C=O) groups is 2. The fourth-order valence-corrected chi connectivity index (χ4v) is 2.54. The highest BCUT2D eigenvalue weighted by atomic mass is 16.5. The van der Waals surface area contributed by atoms with Gasteiger partial charge in [0.2, 0.25) is 0 Å². The van der Waals surface area contributed by atoms with Gasteiger partial charge in [-0.05, 0) is 25.5 Å². The Morgan fingerprint density at radius 2 is 2.10 bits per heavy atom. The average Bonchev–Trinajstić information content (AvgIpc) is 2.48. The Morgan fingerprint density at radius 1 is 1.35 bits per heavy atom. The Morgan fingerprint density at radius 3 is 2.80 bits per heavy atom. The van der Waals surface area contributed by atoms with Crippen molar-refractivity contribution in [1.29, 1.82) is 0 Å². The van der Waals surface area contributed by atoms with Crippen molar-refractivity contribution < 1.29 is 14.3 Å². The van der Waals surface area contributed by atoms with Crippen LogP contribution < -0.4 is 4.74 Å². The predicted molar refractivity (Wildman–Crippen MR) is 76.9 cm³/mol. The van der Waals surface area contributed by atoms with Crippen molar-refractivity contribution in [2.75, 3.05) is 19.7 Å². The minimum Gasteiger partial charge on any atom is -0.493 e. The molecule has 20 heavy (non-hydrogen) atoms. The third kappa shape index (κ3) is 3.00. The van der Waals surface area contributed by atoms with E-state index in [1.54, 1.807) is 11.0 Å². The van der Waals surface area contributed by atoms with Gasteiger partial charge in [-0.2, -0.15) is 0 Å². The highest BCUT2D eigenvalue weighted by Crippen LogP contribution is 2.23. The number of rotatable bonds is 4. The Balaban J connectivity index is 2.17. The summed E-state index contributed by atoms with van der Waals surface area (Å²) in [7, 11) is 0. The van der Waals surface area contributed by atoms with E-state index < -0.39 is 0 Å². The van der Waals surface area contributed by atoms with Crippen LogP contribution in [-0.4, -0.2) is 36.3 Å². The number of carbonyl (C=O) groups excluding carboxylic acids is 2. The highest BCUT2D eigenvalue weighted by molar-refractivity contribution is 5.98. The average molecular weight is 275 g/mol. The molecule has 1 heterocycles. The topological polar surface area (TPSA) is 46.6 Å². The molecule has 1 aliphatic heterocycles. The van der Waals surface area contributed by atoms with Crippen LogP contribution in [0.5, 0.6) is 5.75 Å². The van der Waals surface area contributed by atoms with Gasteiger partial charge in [-0.3, -0.25) is 9.59 Å². The molecule has 1 amide bonds. The molecule has 1 aliphatic rings. The molecule has 0 saturated carbocycles. The molecule has 0 spiro atoms. The Bertz CT molecular complexity index is 498. The van der Waals surface area contributed by atoms with E-state index in [0.29, 0.717) is 37.4 Å². The summed E-state index contributed by atoms with van der Waals surface area (Å²) >= 11 is 0. The van der Waals surface area contributed by atoms with E-state index in [9.17, 15) is 9.59 Å². The van der Waals surface area contributed by atoms with Crippen LogP contribution in [-0.2, 0) is 4.79 Å². The number of ether oxygens (including phenoxy) is 1. The Kier molecular flexibility index (Phi) is 4.77. The minimum atomic E-state index is -0.0417. The number of amides is 1. The largest absolute Gasteiger partial charge is 0.493 e. The van der Waals surface area contributed by atoms with Gasteiger partial charge >= 0.3 is 0 Å². The summed E-state index contributed by atoms with van der Waals surface area (Å²) < 4.78 is 5.51. The Hall–Kier alpha value is -1.84. The number of benzene rings is 1. The molecule has 4 nitrogen and oxygen atoms in total. The van der Waals surface area contributed by atoms with E-state index in [2.05, 4.69) is 0 Å². The summed E-state index contributed by atoms with van der Waals surface area (Å²) in [6.07, 6.45) is 1.25. The molecule has 0 radical (unpaired) electrons. The van der Waals surface area contributed by atoms with E-state index in [-0.39, 0.29) is 17.6 Å². The first-order chi connectivity index (χ1) is 9.67. The second-order valence-corrected chi connectivity index (χ2v) is 5.00. The van der Waals surface area contributed by atoms with E-state index in [1.807, 2.05) is 32.0 Å². The van der Waals surface area contributed by atoms with Gasteiger partial charge in [-0.1, -0.05) is 19.1 Å². The molecule has 4 heteroatoms. The van der Waals surface area contributed by atoms with Crippen LogP contribution in [0.3, 0.4) is 0 Å². The van der Waals surface area contributed by atoms with Gasteiger partial charge in [0.05, 0.1) is 12.2 Å². The number of Topliss-reactive ketones (excluding diaryl/α,β-unsaturated/α-hetero) is 1. The summed E-state index contributed by atoms with van der Waals surface area (Å²) in [6, 6.07) is 7.28. The number of ketones is 1. The first kappa shape index (κ1) is 14.6. The molecule has 0 N–H and O–H groups in total. The molecular weight excluding hydrogens is 254 g/mol. The van der Waals surface area contributed by atoms with Crippen LogP contribution in [0, 0.1) is 5.92 Å². The van der Waals surface area contributed by atoms with Gasteiger partial charge in [-0.25, -0.2) is 0 Å². The van der Waals surface area contributed by atoms with Crippen LogP contribution in [0.4, 0.5) is 0 Å². The quantitative estimate of drug-likeness (QED) is 0.848. The maximum atomic E-state index is 12.6. The monoisotopic (exact) mass is 275 g/mol. The zero-order valence-electron chi connectivity index (χ0n) is 12.1. The highest BCUT2D eigenvalue weighted by Gasteiger charge is 2.29. The molecule has 0 aromatic heterocycles. The van der Waals surface area contributed by atoms with Gasteiger partial charge in [0.15, 0.2) is 0 Å². The van der Waals surface area contributed by atoms with E-state index in [4.69, 9.17) is 4.74 Å². The second kappa shape index (κ2) is 6.55. The summed E-state index contributed by atoms with van der Waals surface area (Å²) in [6.45, 7) is 5.45. The minimum absolute atomic E-state index is 0.0213. The van der Waals surface area contributed by atoms with Crippen LogP contribution in [0.2, 0.25) is 0 Å². The molecule has 1 unspecified atom stereocenters. The standard InChI is InChI=1S/C16H21NO3/c1-3-12-11-17(10-9-14(12)18)16(19)13-7-5-6-8-15(13)20-4-2/h5-8,12H,3-4,9-11H2,1-2H3. The van der Waals surface area contributed by atoms with E-state index in [0.717, 1.165) is 6.42 Å². The van der Waals surface area contributed by atoms with Crippen molar-refractivity contribution in [2.45, 2.75) is 26.7 Å².